The molecular weight excluding hydrogens is 392 g/mol. The normalized spacial score (nSPS) is 15.9. The molecule has 1 aliphatic rings. The van der Waals surface area contributed by atoms with Gasteiger partial charge in [-0.1, -0.05) is 23.1 Å². The molecule has 0 aliphatic carbocycles. The average molecular weight is 417 g/mol. The Morgan fingerprint density at radius 3 is 2.52 bits per heavy atom. The number of nitrogens with zero attached hydrogens (tertiary/aromatic N) is 3. The van der Waals surface area contributed by atoms with Crippen LogP contribution in [-0.4, -0.2) is 64.6 Å². The fourth-order valence-corrected chi connectivity index (χ4v) is 4.58. The van der Waals surface area contributed by atoms with Crippen LogP contribution in [0.3, 0.4) is 0 Å². The van der Waals surface area contributed by atoms with Crippen molar-refractivity contribution in [2.75, 3.05) is 31.6 Å². The van der Waals surface area contributed by atoms with E-state index < -0.39 is 6.09 Å². The van der Waals surface area contributed by atoms with Gasteiger partial charge in [0, 0.05) is 13.1 Å². The van der Waals surface area contributed by atoms with Gasteiger partial charge in [0.05, 0.1) is 24.4 Å². The van der Waals surface area contributed by atoms with Crippen LogP contribution < -0.4 is 5.32 Å². The molecule has 2 amide bonds. The summed E-state index contributed by atoms with van der Waals surface area (Å²) in [5.74, 6) is -0.309. The molecule has 150 valence electrons. The predicted molar refractivity (Wildman–Crippen MR) is 102 cm³/mol. The number of piperidine rings is 1. The van der Waals surface area contributed by atoms with Gasteiger partial charge in [0.25, 0.3) is 0 Å². The summed E-state index contributed by atoms with van der Waals surface area (Å²) in [5.41, 5.74) is 0. The fraction of sp³-hybridized carbons (Fsp3) is 0.688. The molecule has 2 heterocycles. The number of thioether (sulfide) groups is 1. The van der Waals surface area contributed by atoms with Gasteiger partial charge in [-0.3, -0.25) is 14.9 Å². The average Bonchev–Trinajstić information content (AvgIpc) is 3.08. The number of nitrogens with one attached hydrogen (secondary N) is 1. The number of rotatable bonds is 7. The zero-order chi connectivity index (χ0) is 19.8. The van der Waals surface area contributed by atoms with Crippen molar-refractivity contribution < 1.29 is 23.9 Å². The fourth-order valence-electron chi connectivity index (χ4n) is 2.62. The van der Waals surface area contributed by atoms with E-state index in [1.165, 1.54) is 23.1 Å². The summed E-state index contributed by atoms with van der Waals surface area (Å²) in [6.07, 6.45) is 0.654. The van der Waals surface area contributed by atoms with E-state index >= 15 is 0 Å². The second-order valence-corrected chi connectivity index (χ2v) is 8.40. The molecular formula is C16H24N4O5S2. The van der Waals surface area contributed by atoms with Crippen LogP contribution in [0.1, 0.15) is 33.6 Å². The van der Waals surface area contributed by atoms with E-state index in [0.717, 1.165) is 0 Å². The summed E-state index contributed by atoms with van der Waals surface area (Å²) in [4.78, 5) is 37.6. The maximum Gasteiger partial charge on any atom is 0.413 e. The second-order valence-electron chi connectivity index (χ2n) is 5.83. The Morgan fingerprint density at radius 2 is 1.89 bits per heavy atom. The molecule has 11 heteroatoms. The molecule has 1 aromatic rings. The van der Waals surface area contributed by atoms with E-state index in [4.69, 9.17) is 9.47 Å². The Kier molecular flexibility index (Phi) is 8.29. The largest absolute Gasteiger partial charge is 0.466 e. The maximum atomic E-state index is 12.6. The maximum absolute atomic E-state index is 12.6. The third-order valence-electron chi connectivity index (χ3n) is 3.94. The number of likely N-dealkylation sites (tertiary alicyclic amines) is 1. The van der Waals surface area contributed by atoms with Crippen LogP contribution in [0.2, 0.25) is 0 Å². The summed E-state index contributed by atoms with van der Waals surface area (Å²) in [6, 6.07) is 0. The molecule has 2 rings (SSSR count). The van der Waals surface area contributed by atoms with Crippen LogP contribution >= 0.6 is 23.1 Å². The minimum Gasteiger partial charge on any atom is -0.466 e. The summed E-state index contributed by atoms with van der Waals surface area (Å²) in [5, 5.41) is 10.3. The predicted octanol–water partition coefficient (Wildman–Crippen LogP) is 2.39. The number of carbonyl (C=O) groups excluding carboxylic acids is 3. The van der Waals surface area contributed by atoms with Gasteiger partial charge in [0.2, 0.25) is 11.0 Å². The van der Waals surface area contributed by atoms with E-state index in [1.54, 1.807) is 18.7 Å². The van der Waals surface area contributed by atoms with Crippen LogP contribution in [0.4, 0.5) is 9.93 Å². The topological polar surface area (TPSA) is 111 Å². The Morgan fingerprint density at radius 1 is 1.22 bits per heavy atom. The van der Waals surface area contributed by atoms with E-state index in [0.29, 0.717) is 42.0 Å². The SMILES string of the molecule is CCOC(=O)Nc1nnc(SC(C)C(=O)N2CCC(C(=O)OCC)CC2)s1. The zero-order valence-corrected chi connectivity index (χ0v) is 17.2. The molecule has 1 aliphatic heterocycles. The highest BCUT2D eigenvalue weighted by atomic mass is 32.2. The summed E-state index contributed by atoms with van der Waals surface area (Å²) in [7, 11) is 0. The molecule has 1 atom stereocenters. The number of carbonyl (C=O) groups is 3. The van der Waals surface area contributed by atoms with Gasteiger partial charge in [-0.15, -0.1) is 10.2 Å². The van der Waals surface area contributed by atoms with Crippen LogP contribution in [0.25, 0.3) is 0 Å². The molecule has 1 saturated heterocycles. The van der Waals surface area contributed by atoms with Gasteiger partial charge < -0.3 is 14.4 Å². The lowest BCUT2D eigenvalue weighted by atomic mass is 9.97. The van der Waals surface area contributed by atoms with Gasteiger partial charge in [-0.2, -0.15) is 0 Å². The molecule has 27 heavy (non-hydrogen) atoms. The van der Waals surface area contributed by atoms with Crippen molar-refractivity contribution in [2.24, 2.45) is 5.92 Å². The molecule has 1 N–H and O–H groups in total. The number of anilines is 1. The van der Waals surface area contributed by atoms with Gasteiger partial charge in [-0.05, 0) is 33.6 Å². The highest BCUT2D eigenvalue weighted by Crippen LogP contribution is 2.30. The minimum atomic E-state index is -0.584. The molecule has 1 unspecified atom stereocenters. The second kappa shape index (κ2) is 10.5. The standard InChI is InChI=1S/C16H24N4O5S2/c1-4-24-13(22)11-6-8-20(9-7-11)12(21)10(3)26-16-19-18-14(27-16)17-15(23)25-5-2/h10-11H,4-9H2,1-3H3,(H,17,18,23). The molecule has 0 radical (unpaired) electrons. The Labute approximate surface area is 166 Å². The van der Waals surface area contributed by atoms with Crippen molar-refractivity contribution in [1.29, 1.82) is 0 Å². The number of esters is 1. The zero-order valence-electron chi connectivity index (χ0n) is 15.6. The molecule has 1 fully saturated rings. The van der Waals surface area contributed by atoms with Crippen molar-refractivity contribution in [3.05, 3.63) is 0 Å². The van der Waals surface area contributed by atoms with Crippen molar-refractivity contribution in [2.45, 2.75) is 43.2 Å². The molecule has 9 nitrogen and oxygen atoms in total. The highest BCUT2D eigenvalue weighted by Gasteiger charge is 2.30. The van der Waals surface area contributed by atoms with Crippen molar-refractivity contribution in [3.63, 3.8) is 0 Å². The van der Waals surface area contributed by atoms with E-state index in [-0.39, 0.29) is 29.7 Å². The number of hydrogen-bond acceptors (Lipinski definition) is 9. The molecule has 0 saturated carbocycles. The Bertz CT molecular complexity index is 661. The van der Waals surface area contributed by atoms with E-state index in [9.17, 15) is 14.4 Å². The Hall–Kier alpha value is -1.88. The van der Waals surface area contributed by atoms with E-state index in [1.807, 2.05) is 6.92 Å². The third-order valence-corrected chi connectivity index (χ3v) is 5.95. The lowest BCUT2D eigenvalue weighted by Gasteiger charge is -2.32. The van der Waals surface area contributed by atoms with E-state index in [2.05, 4.69) is 15.5 Å². The van der Waals surface area contributed by atoms with Gasteiger partial charge in [0.1, 0.15) is 0 Å². The van der Waals surface area contributed by atoms with Crippen molar-refractivity contribution in [1.82, 2.24) is 15.1 Å². The number of aromatic nitrogens is 2. The highest BCUT2D eigenvalue weighted by molar-refractivity contribution is 8.02. The van der Waals surface area contributed by atoms with Crippen molar-refractivity contribution in [3.8, 4) is 0 Å². The number of ether oxygens (including phenoxy) is 2. The van der Waals surface area contributed by atoms with Gasteiger partial charge >= 0.3 is 12.1 Å². The molecule has 1 aromatic heterocycles. The van der Waals surface area contributed by atoms with Gasteiger partial charge in [-0.25, -0.2) is 4.79 Å². The van der Waals surface area contributed by atoms with Crippen molar-refractivity contribution >= 4 is 46.2 Å². The smallest absolute Gasteiger partial charge is 0.413 e. The first kappa shape index (κ1) is 21.4. The number of hydrogen-bond donors (Lipinski definition) is 1. The quantitative estimate of drug-likeness (QED) is 0.410. The van der Waals surface area contributed by atoms with Crippen LogP contribution in [0, 0.1) is 5.92 Å². The number of amides is 2. The lowest BCUT2D eigenvalue weighted by Crippen LogP contribution is -2.43. The third kappa shape index (κ3) is 6.35. The lowest BCUT2D eigenvalue weighted by molar-refractivity contribution is -0.151. The first-order valence-electron chi connectivity index (χ1n) is 8.83. The van der Waals surface area contributed by atoms with Gasteiger partial charge in [0.15, 0.2) is 4.34 Å². The molecule has 0 aromatic carbocycles. The monoisotopic (exact) mass is 416 g/mol. The molecule has 0 bridgehead atoms. The Balaban J connectivity index is 1.81. The summed E-state index contributed by atoms with van der Waals surface area (Å²) < 4.78 is 10.4. The minimum absolute atomic E-state index is 0.00240. The molecule has 0 spiro atoms. The first-order valence-corrected chi connectivity index (χ1v) is 10.5. The first-order chi connectivity index (χ1) is 12.9. The van der Waals surface area contributed by atoms with Crippen LogP contribution in [0.5, 0.6) is 0 Å². The summed E-state index contributed by atoms with van der Waals surface area (Å²) >= 11 is 2.48. The van der Waals surface area contributed by atoms with Crippen LogP contribution in [-0.2, 0) is 19.1 Å². The summed E-state index contributed by atoms with van der Waals surface area (Å²) in [6.45, 7) is 7.04. The van der Waals surface area contributed by atoms with Crippen LogP contribution in [0.15, 0.2) is 4.34 Å².